The first-order valence-corrected chi connectivity index (χ1v) is 53.3. The molecule has 27 heteroatoms. The van der Waals surface area contributed by atoms with Crippen LogP contribution in [0.2, 0.25) is 0 Å². The van der Waals surface area contributed by atoms with Crippen LogP contribution in [-0.4, -0.2) is 165 Å². The minimum Gasteiger partial charge on any atom is -0.459 e. The van der Waals surface area contributed by atoms with Gasteiger partial charge in [-0.15, -0.1) is 0 Å². The molecule has 137 heavy (non-hydrogen) atoms. The average molecular weight is 1920 g/mol. The zero-order valence-corrected chi connectivity index (χ0v) is 87.2. The van der Waals surface area contributed by atoms with Crippen molar-refractivity contribution in [3.8, 4) is 6.07 Å². The number of carbonyl (C=O) groups is 12. The van der Waals surface area contributed by atoms with Gasteiger partial charge in [0.2, 0.25) is 0 Å². The van der Waals surface area contributed by atoms with E-state index in [9.17, 15) is 73.0 Å². The van der Waals surface area contributed by atoms with Crippen LogP contribution in [0.4, 0.5) is 0 Å². The number of fused-ring (bicyclic) bond motifs is 3. The summed E-state index contributed by atoms with van der Waals surface area (Å²) < 4.78 is 66.5. The Balaban J connectivity index is 0.000000136. The second kappa shape index (κ2) is 40.0. The molecule has 0 radical (unpaired) electrons. The van der Waals surface area contributed by atoms with Gasteiger partial charge in [-0.25, -0.2) is 9.59 Å². The van der Waals surface area contributed by atoms with E-state index in [1.807, 2.05) is 111 Å². The molecular formula is C110H169NO26. The number of nitriles is 1. The maximum atomic E-state index is 12.6. The molecule has 27 nitrogen and oxygen atoms in total. The van der Waals surface area contributed by atoms with Gasteiger partial charge in [-0.3, -0.25) is 47.9 Å². The Bertz CT molecular complexity index is 4400. The third-order valence-corrected chi connectivity index (χ3v) is 38.3. The largest absolute Gasteiger partial charge is 0.459 e. The second-order valence-corrected chi connectivity index (χ2v) is 50.9. The van der Waals surface area contributed by atoms with Gasteiger partial charge >= 0.3 is 71.6 Å². The quantitative estimate of drug-likeness (QED) is 0.0570. The topological polar surface area (TPSA) is 380 Å². The van der Waals surface area contributed by atoms with Crippen molar-refractivity contribution in [1.82, 2.24) is 0 Å². The fourth-order valence-electron chi connectivity index (χ4n) is 28.0. The van der Waals surface area contributed by atoms with E-state index in [0.29, 0.717) is 80.0 Å². The number of esters is 12. The van der Waals surface area contributed by atoms with E-state index in [4.69, 9.17) is 56.8 Å². The fourth-order valence-corrected chi connectivity index (χ4v) is 28.0. The number of hydrogen-bond acceptors (Lipinski definition) is 27. The highest BCUT2D eigenvalue weighted by Crippen LogP contribution is 2.66. The predicted molar refractivity (Wildman–Crippen MR) is 504 cm³/mol. The third kappa shape index (κ3) is 22.0. The molecule has 22 unspecified atom stereocenters. The van der Waals surface area contributed by atoms with Crippen LogP contribution in [0.5, 0.6) is 0 Å². The normalized spacial score (nSPS) is 38.2. The Labute approximate surface area is 815 Å². The Kier molecular flexibility index (Phi) is 31.3. The van der Waals surface area contributed by atoms with Crippen molar-refractivity contribution in [2.45, 2.75) is 461 Å². The third-order valence-electron chi connectivity index (χ3n) is 38.3. The standard InChI is InChI=1S/C18H30O2.C17H21NO6.C16H22O6.2C16H26O3.C14H20O4.C13H24O2/c1-5-15-14-8-12-7-13(9-14)11-18(15,10-12)20-16(19)17(3,4)6-2;1-4-16(2,3)14(20)22-7-11(19)23-12-9-5-10-13(12)24-15(21)17(10,6-9)8-18;1-4-16(2,3)15(19)20-7-11(17)21-12-8-5-9-10(6-8)14(18)22-13(9)12;2*1-4-14(2,3)13(17)19-16-8-11-5-12(9-16)7-15(18,6-11)10-16;1-4-14(2,3)13(16)18-10-7-5-8-9(6-7)12(15)17-11(8)10;1-5-12(3,4)11(14)15-13(6-2)9-7-8-10-13/h12-15H,5-11H2,1-4H3;9-10,12-13H,4-7H2,1-3H3;8-10,12-13H,4-7H2,1-3H3;2*11-12,18H,4-10H2,1-3H3;7-11H,4-6H2,1-3H3;5-10H2,1-4H3. The van der Waals surface area contributed by atoms with Crippen LogP contribution in [0.1, 0.15) is 390 Å². The van der Waals surface area contributed by atoms with Gasteiger partial charge in [-0.1, -0.05) is 62.3 Å². The van der Waals surface area contributed by atoms with Crippen LogP contribution in [0.25, 0.3) is 0 Å². The molecule has 18 bridgehead atoms. The molecule has 22 fully saturated rings. The number of aliphatic hydroxyl groups is 2. The maximum absolute atomic E-state index is 12.6. The molecule has 0 aromatic heterocycles. The molecule has 2 N–H and O–H groups in total. The highest BCUT2D eigenvalue weighted by Gasteiger charge is 2.73. The lowest BCUT2D eigenvalue weighted by atomic mass is 9.49. The smallest absolute Gasteiger partial charge is 0.344 e. The summed E-state index contributed by atoms with van der Waals surface area (Å²) in [5.74, 6) is 3.00. The molecule has 0 aromatic carbocycles. The zero-order chi connectivity index (χ0) is 101. The monoisotopic (exact) mass is 1920 g/mol. The first-order chi connectivity index (χ1) is 63.9. The van der Waals surface area contributed by atoms with Crippen LogP contribution in [-0.2, 0) is 114 Å². The van der Waals surface area contributed by atoms with Crippen molar-refractivity contribution < 1.29 is 125 Å². The summed E-state index contributed by atoms with van der Waals surface area (Å²) in [4.78, 5) is 144. The van der Waals surface area contributed by atoms with Crippen LogP contribution in [0.15, 0.2) is 0 Å². The molecule has 0 spiro atoms. The number of nitrogens with zero attached hydrogens (tertiary/aromatic N) is 1. The van der Waals surface area contributed by atoms with E-state index in [0.717, 1.165) is 159 Å². The fraction of sp³-hybridized carbons (Fsp3) is 0.882. The molecule has 3 saturated heterocycles. The molecule has 22 aliphatic rings. The van der Waals surface area contributed by atoms with Crippen molar-refractivity contribution in [3.63, 3.8) is 0 Å². The SMILES string of the molecule is CCC(C)(C)C(=O)OC12CC3CC(CC(O)(C3)C1)C2.CCC(C)(C)C(=O)OC12CC3CC(CC(O)(C3)C1)C2.CCC(C)(C)C(=O)OC1C2CC3C(=O)OC1C3C2.CCC(C)(C)C(=O)OCC(=O)OC1C2CC3C(=O)OC1C3C2.CCC(C)(C)C(=O)OCC(=O)OC1C2CC3C1OC(=O)C3(C#N)C2.CCC1(OC(=O)C(C)(C)CC)CCCC1.CCC1C2CC3CC(C2)CC1(OC(=O)C(C)(C)CC)C3. The number of carbonyl (C=O) groups excluding carboxylic acids is 12. The number of hydrogen-bond donors (Lipinski definition) is 2. The minimum absolute atomic E-state index is 0.00636. The number of ether oxygens (including phenoxy) is 12. The van der Waals surface area contributed by atoms with Crippen molar-refractivity contribution in [1.29, 1.82) is 5.26 Å². The maximum Gasteiger partial charge on any atom is 0.344 e. The Morgan fingerprint density at radius 2 is 0.737 bits per heavy atom. The zero-order valence-electron chi connectivity index (χ0n) is 87.2. The van der Waals surface area contributed by atoms with E-state index in [2.05, 4.69) is 26.8 Å². The Morgan fingerprint density at radius 1 is 0.380 bits per heavy atom. The lowest BCUT2D eigenvalue weighted by Gasteiger charge is -2.60. The van der Waals surface area contributed by atoms with Crippen molar-refractivity contribution >= 4 is 71.6 Å². The van der Waals surface area contributed by atoms with Gasteiger partial charge in [0.05, 0.1) is 67.0 Å². The number of rotatable bonds is 27. The van der Waals surface area contributed by atoms with Crippen LogP contribution < -0.4 is 0 Å². The molecule has 22 rings (SSSR count). The van der Waals surface area contributed by atoms with Gasteiger partial charge in [0.1, 0.15) is 59.0 Å². The highest BCUT2D eigenvalue weighted by atomic mass is 16.6. The summed E-state index contributed by atoms with van der Waals surface area (Å²) in [5, 5.41) is 30.6. The predicted octanol–water partition coefficient (Wildman–Crippen LogP) is 19.1. The highest BCUT2D eigenvalue weighted by molar-refractivity contribution is 5.86. The first-order valence-electron chi connectivity index (χ1n) is 53.3. The first kappa shape index (κ1) is 107. The molecule has 0 aromatic rings. The average Bonchev–Trinajstić information content (AvgIpc) is 1.51. The molecular weight excluding hydrogens is 1750 g/mol. The van der Waals surface area contributed by atoms with Crippen molar-refractivity contribution in [2.24, 2.45) is 138 Å². The van der Waals surface area contributed by atoms with Crippen LogP contribution >= 0.6 is 0 Å². The van der Waals surface area contributed by atoms with E-state index in [1.165, 1.54) is 51.4 Å². The minimum atomic E-state index is -1.06. The summed E-state index contributed by atoms with van der Waals surface area (Å²) >= 11 is 0. The van der Waals surface area contributed by atoms with Gasteiger partial charge in [0.15, 0.2) is 18.6 Å². The van der Waals surface area contributed by atoms with Crippen LogP contribution in [0, 0.1) is 149 Å². The molecule has 22 atom stereocenters. The molecule has 3 aliphatic heterocycles. The lowest BCUT2D eigenvalue weighted by Crippen LogP contribution is -2.61. The Hall–Kier alpha value is -6.95. The van der Waals surface area contributed by atoms with Crippen molar-refractivity contribution in [2.75, 3.05) is 13.2 Å². The second-order valence-electron chi connectivity index (χ2n) is 50.9. The van der Waals surface area contributed by atoms with E-state index in [1.54, 1.807) is 27.7 Å². The van der Waals surface area contributed by atoms with E-state index in [-0.39, 0.29) is 142 Å². The summed E-state index contributed by atoms with van der Waals surface area (Å²) in [6, 6.07) is 2.10. The van der Waals surface area contributed by atoms with Gasteiger partial charge < -0.3 is 67.1 Å². The Morgan fingerprint density at radius 3 is 1.11 bits per heavy atom. The lowest BCUT2D eigenvalue weighted by molar-refractivity contribution is -0.226. The summed E-state index contributed by atoms with van der Waals surface area (Å²) in [6.45, 7) is 44.1. The van der Waals surface area contributed by atoms with Crippen LogP contribution in [0.3, 0.4) is 0 Å². The van der Waals surface area contributed by atoms with Gasteiger partial charge in [0.25, 0.3) is 0 Å². The molecule has 3 heterocycles. The molecule has 19 saturated carbocycles. The van der Waals surface area contributed by atoms with Gasteiger partial charge in [-0.05, 0) is 357 Å². The summed E-state index contributed by atoms with van der Waals surface area (Å²) in [5.41, 5.74) is -6.33. The molecule has 0 amide bonds. The van der Waals surface area contributed by atoms with Gasteiger partial charge in [0, 0.05) is 54.3 Å². The molecule has 19 aliphatic carbocycles. The van der Waals surface area contributed by atoms with Crippen molar-refractivity contribution in [3.05, 3.63) is 0 Å². The van der Waals surface area contributed by atoms with E-state index < -0.39 is 92.4 Å². The van der Waals surface area contributed by atoms with E-state index >= 15 is 0 Å². The van der Waals surface area contributed by atoms with Gasteiger partial charge in [-0.2, -0.15) is 5.26 Å². The summed E-state index contributed by atoms with van der Waals surface area (Å²) in [7, 11) is 0. The summed E-state index contributed by atoms with van der Waals surface area (Å²) in [6.07, 6.45) is 32.0. The molecule has 770 valence electrons.